The third-order valence-corrected chi connectivity index (χ3v) is 5.94. The number of urea groups is 1. The van der Waals surface area contributed by atoms with Crippen molar-refractivity contribution in [2.24, 2.45) is 0 Å². The lowest BCUT2D eigenvalue weighted by Crippen LogP contribution is -2.48. The van der Waals surface area contributed by atoms with Crippen LogP contribution in [0.3, 0.4) is 0 Å². The quantitative estimate of drug-likeness (QED) is 0.781. The highest BCUT2D eigenvalue weighted by Crippen LogP contribution is 2.17. The molecule has 0 spiro atoms. The molecule has 0 unspecified atom stereocenters. The molecule has 6 heteroatoms. The zero-order chi connectivity index (χ0) is 18.4. The summed E-state index contributed by atoms with van der Waals surface area (Å²) < 4.78 is 0. The Morgan fingerprint density at radius 2 is 2.00 bits per heavy atom. The highest BCUT2D eigenvalue weighted by atomic mass is 35.5. The van der Waals surface area contributed by atoms with Gasteiger partial charge in [-0.15, -0.1) is 11.3 Å². The topological polar surface area (TPSA) is 35.6 Å². The Hall–Kier alpha value is -1.56. The second-order valence-corrected chi connectivity index (χ2v) is 8.19. The molecule has 1 aromatic carbocycles. The number of halogens is 1. The Kier molecular flexibility index (Phi) is 6.94. The standard InChI is InChI=1S/C20H26ClN3OS/c1-2-24(15-19-4-3-13-26-19)20(25)22-18-9-11-23(12-10-18)14-16-5-7-17(21)8-6-16/h3-8,13,18H,2,9-12,14-15H2,1H3,(H,22,25). The molecule has 3 rings (SSSR count). The fraction of sp³-hybridized carbons (Fsp3) is 0.450. The van der Waals surface area contributed by atoms with Gasteiger partial charge in [-0.1, -0.05) is 29.8 Å². The molecule has 1 fully saturated rings. The molecule has 0 atom stereocenters. The van der Waals surface area contributed by atoms with Crippen LogP contribution < -0.4 is 5.32 Å². The number of rotatable bonds is 6. The fourth-order valence-corrected chi connectivity index (χ4v) is 4.11. The van der Waals surface area contributed by atoms with Gasteiger partial charge in [0, 0.05) is 42.1 Å². The van der Waals surface area contributed by atoms with Gasteiger partial charge in [0.05, 0.1) is 6.54 Å². The maximum Gasteiger partial charge on any atom is 0.317 e. The van der Waals surface area contributed by atoms with E-state index in [4.69, 9.17) is 11.6 Å². The van der Waals surface area contributed by atoms with E-state index in [0.717, 1.165) is 44.0 Å². The molecule has 0 aliphatic carbocycles. The summed E-state index contributed by atoms with van der Waals surface area (Å²) in [5, 5.41) is 6.05. The maximum absolute atomic E-state index is 12.6. The van der Waals surface area contributed by atoms with Crippen molar-refractivity contribution in [1.29, 1.82) is 0 Å². The van der Waals surface area contributed by atoms with Crippen LogP contribution >= 0.6 is 22.9 Å². The average Bonchev–Trinajstić information content (AvgIpc) is 3.16. The van der Waals surface area contributed by atoms with E-state index in [1.807, 2.05) is 30.0 Å². The summed E-state index contributed by atoms with van der Waals surface area (Å²) in [6.07, 6.45) is 1.99. The number of nitrogens with one attached hydrogen (secondary N) is 1. The summed E-state index contributed by atoms with van der Waals surface area (Å²) in [4.78, 5) is 18.1. The lowest BCUT2D eigenvalue weighted by Gasteiger charge is -2.33. The molecule has 26 heavy (non-hydrogen) atoms. The Balaban J connectivity index is 1.44. The third-order valence-electron chi connectivity index (χ3n) is 4.83. The van der Waals surface area contributed by atoms with Gasteiger partial charge in [-0.05, 0) is 48.9 Å². The average molecular weight is 392 g/mol. The predicted octanol–water partition coefficient (Wildman–Crippen LogP) is 4.60. The van der Waals surface area contributed by atoms with E-state index in [2.05, 4.69) is 33.8 Å². The van der Waals surface area contributed by atoms with Gasteiger partial charge in [0.25, 0.3) is 0 Å². The molecule has 1 aromatic heterocycles. The van der Waals surface area contributed by atoms with Crippen molar-refractivity contribution < 1.29 is 4.79 Å². The number of carbonyl (C=O) groups excluding carboxylic acids is 1. The summed E-state index contributed by atoms with van der Waals surface area (Å²) in [6.45, 7) is 6.39. The largest absolute Gasteiger partial charge is 0.335 e. The first kappa shape index (κ1) is 19.2. The number of piperidine rings is 1. The Morgan fingerprint density at radius 3 is 2.62 bits per heavy atom. The van der Waals surface area contributed by atoms with Crippen molar-refractivity contribution >= 4 is 29.0 Å². The number of hydrogen-bond acceptors (Lipinski definition) is 3. The minimum atomic E-state index is 0.0528. The SMILES string of the molecule is CCN(Cc1cccs1)C(=O)NC1CCN(Cc2ccc(Cl)cc2)CC1. The smallest absolute Gasteiger partial charge is 0.317 e. The number of hydrogen-bond donors (Lipinski definition) is 1. The van der Waals surface area contributed by atoms with Crippen LogP contribution in [0.5, 0.6) is 0 Å². The second-order valence-electron chi connectivity index (χ2n) is 6.72. The van der Waals surface area contributed by atoms with Crippen LogP contribution in [0.15, 0.2) is 41.8 Å². The first-order valence-corrected chi connectivity index (χ1v) is 10.4. The number of likely N-dealkylation sites (tertiary alicyclic amines) is 1. The molecule has 0 saturated carbocycles. The van der Waals surface area contributed by atoms with Crippen molar-refractivity contribution in [2.45, 2.75) is 38.9 Å². The van der Waals surface area contributed by atoms with Gasteiger partial charge in [0.1, 0.15) is 0 Å². The molecule has 1 saturated heterocycles. The van der Waals surface area contributed by atoms with Crippen LogP contribution in [0.4, 0.5) is 4.79 Å². The number of amides is 2. The molecule has 1 aliphatic rings. The first-order valence-electron chi connectivity index (χ1n) is 9.18. The second kappa shape index (κ2) is 9.40. The summed E-state index contributed by atoms with van der Waals surface area (Å²) in [7, 11) is 0. The highest BCUT2D eigenvalue weighted by molar-refractivity contribution is 7.09. The molecule has 0 radical (unpaired) electrons. The molecule has 4 nitrogen and oxygen atoms in total. The molecule has 2 aromatic rings. The number of benzene rings is 1. The van der Waals surface area contributed by atoms with Gasteiger partial charge in [-0.2, -0.15) is 0 Å². The van der Waals surface area contributed by atoms with Gasteiger partial charge >= 0.3 is 6.03 Å². The van der Waals surface area contributed by atoms with Crippen molar-refractivity contribution in [1.82, 2.24) is 15.1 Å². The van der Waals surface area contributed by atoms with Crippen LogP contribution in [0.25, 0.3) is 0 Å². The highest BCUT2D eigenvalue weighted by Gasteiger charge is 2.22. The van der Waals surface area contributed by atoms with Crippen LogP contribution in [-0.4, -0.2) is 41.5 Å². The van der Waals surface area contributed by atoms with Crippen molar-refractivity contribution in [3.05, 3.63) is 57.2 Å². The number of carbonyl (C=O) groups is 1. The summed E-state index contributed by atoms with van der Waals surface area (Å²) >= 11 is 7.64. The molecule has 1 N–H and O–H groups in total. The number of nitrogens with zero attached hydrogens (tertiary/aromatic N) is 2. The molecular formula is C20H26ClN3OS. The van der Waals surface area contributed by atoms with Crippen molar-refractivity contribution in [3.8, 4) is 0 Å². The van der Waals surface area contributed by atoms with E-state index in [0.29, 0.717) is 6.54 Å². The van der Waals surface area contributed by atoms with E-state index in [-0.39, 0.29) is 12.1 Å². The predicted molar refractivity (Wildman–Crippen MR) is 109 cm³/mol. The fourth-order valence-electron chi connectivity index (χ4n) is 3.27. The van der Waals surface area contributed by atoms with Gasteiger partial charge < -0.3 is 10.2 Å². The van der Waals surface area contributed by atoms with Crippen LogP contribution in [0.1, 0.15) is 30.2 Å². The van der Waals surface area contributed by atoms with Gasteiger partial charge in [0.15, 0.2) is 0 Å². The van der Waals surface area contributed by atoms with Crippen LogP contribution in [0, 0.1) is 0 Å². The summed E-state index contributed by atoms with van der Waals surface area (Å²) in [6, 6.07) is 12.5. The Morgan fingerprint density at radius 1 is 1.27 bits per heavy atom. The molecule has 0 bridgehead atoms. The van der Waals surface area contributed by atoms with E-state index in [9.17, 15) is 4.79 Å². The van der Waals surface area contributed by atoms with Gasteiger partial charge in [-0.25, -0.2) is 4.79 Å². The Labute approximate surface area is 164 Å². The third kappa shape index (κ3) is 5.47. The monoisotopic (exact) mass is 391 g/mol. The summed E-state index contributed by atoms with van der Waals surface area (Å²) in [5.74, 6) is 0. The minimum Gasteiger partial charge on any atom is -0.335 e. The molecule has 1 aliphatic heterocycles. The zero-order valence-electron chi connectivity index (χ0n) is 15.2. The van der Waals surface area contributed by atoms with Crippen molar-refractivity contribution in [3.63, 3.8) is 0 Å². The lowest BCUT2D eigenvalue weighted by atomic mass is 10.0. The normalized spacial score (nSPS) is 15.8. The molecule has 2 heterocycles. The molecular weight excluding hydrogens is 366 g/mol. The van der Waals surface area contributed by atoms with Crippen LogP contribution in [-0.2, 0) is 13.1 Å². The van der Waals surface area contributed by atoms with Crippen molar-refractivity contribution in [2.75, 3.05) is 19.6 Å². The van der Waals surface area contributed by atoms with E-state index >= 15 is 0 Å². The lowest BCUT2D eigenvalue weighted by molar-refractivity contribution is 0.169. The first-order chi connectivity index (χ1) is 12.6. The van der Waals surface area contributed by atoms with Gasteiger partial charge in [0.2, 0.25) is 0 Å². The maximum atomic E-state index is 12.6. The van der Waals surface area contributed by atoms with E-state index in [1.165, 1.54) is 10.4 Å². The molecule has 2 amide bonds. The van der Waals surface area contributed by atoms with E-state index in [1.54, 1.807) is 11.3 Å². The number of thiophene rings is 1. The van der Waals surface area contributed by atoms with Gasteiger partial charge in [-0.3, -0.25) is 4.90 Å². The van der Waals surface area contributed by atoms with E-state index < -0.39 is 0 Å². The zero-order valence-corrected chi connectivity index (χ0v) is 16.7. The van der Waals surface area contributed by atoms with Crippen LogP contribution in [0.2, 0.25) is 5.02 Å². The summed E-state index contributed by atoms with van der Waals surface area (Å²) in [5.41, 5.74) is 1.28. The minimum absolute atomic E-state index is 0.0528. The Bertz CT molecular complexity index is 682. The molecule has 140 valence electrons.